The molecule has 0 spiro atoms. The third-order valence-electron chi connectivity index (χ3n) is 15.3. The Kier molecular flexibility index (Phi) is 50.9. The minimum atomic E-state index is -4.62. The fourth-order valence-corrected chi connectivity index (χ4v) is 12.3. The molecule has 0 aromatic rings. The van der Waals surface area contributed by atoms with Gasteiger partial charge in [0.15, 0.2) is 0 Å². The van der Waals surface area contributed by atoms with Gasteiger partial charge in [0.25, 0.3) is 0 Å². The molecule has 0 radical (unpaired) electrons. The topological polar surface area (TPSA) is 187 Å². The maximum absolute atomic E-state index is 16.1. The van der Waals surface area contributed by atoms with Crippen LogP contribution in [-0.4, -0.2) is 212 Å². The molecule has 0 heterocycles. The maximum atomic E-state index is 16.1. The average molecular weight is 1250 g/mol. The third-order valence-corrected chi connectivity index (χ3v) is 16.9. The second-order valence-corrected chi connectivity index (χ2v) is 29.0. The van der Waals surface area contributed by atoms with Crippen LogP contribution in [0.25, 0.3) is 0 Å². The van der Waals surface area contributed by atoms with Gasteiger partial charge in [-0.25, -0.2) is 18.9 Å². The predicted molar refractivity (Wildman–Crippen MR) is 351 cm³/mol. The molecular formula is C66H138N6O13P+3. The standard InChI is InChI=1S/C66H135N6O13P/c1-16-19-22-25-28-31-34-37-40-43-46-67-64(73)80-55-61(77-13)49-58(52-70(4,5)6)83-86(76,84-59(53-71(7,8)9)50-62(78-14)56-81-65(74)68-47-44-41-38-35-32-29-26-23-20-17-2)85-60(54-72(10,11)12)51-63(79-15)57-82-66(75)69-48-45-42-39-36-33-30-27-24-21-18-3/h58-63H,16-57H2,1-15H3/p+3. The molecule has 0 rings (SSSR count). The quantitative estimate of drug-likeness (QED) is 0.0226. The van der Waals surface area contributed by atoms with Crippen molar-refractivity contribution in [2.45, 2.75) is 269 Å². The molecule has 512 valence electrons. The van der Waals surface area contributed by atoms with Gasteiger partial charge in [-0.3, -0.25) is 13.6 Å². The molecule has 0 aliphatic rings. The van der Waals surface area contributed by atoms with E-state index in [0.29, 0.717) is 52.7 Å². The van der Waals surface area contributed by atoms with Gasteiger partial charge in [-0.2, -0.15) is 0 Å². The van der Waals surface area contributed by atoms with E-state index in [4.69, 9.17) is 42.0 Å². The van der Waals surface area contributed by atoms with Crippen molar-refractivity contribution in [3.8, 4) is 0 Å². The van der Waals surface area contributed by atoms with Crippen molar-refractivity contribution in [2.24, 2.45) is 0 Å². The Hall–Kier alpha value is -2.32. The molecule has 3 amide bonds. The summed E-state index contributed by atoms with van der Waals surface area (Å²) in [6, 6.07) is 0. The van der Waals surface area contributed by atoms with Crippen molar-refractivity contribution in [1.29, 1.82) is 0 Å². The molecule has 0 aromatic heterocycles. The van der Waals surface area contributed by atoms with Crippen LogP contribution in [0.15, 0.2) is 0 Å². The van der Waals surface area contributed by atoms with E-state index in [1.807, 2.05) is 63.4 Å². The Morgan fingerprint density at radius 2 is 0.523 bits per heavy atom. The lowest BCUT2D eigenvalue weighted by Gasteiger charge is -2.37. The Labute approximate surface area is 527 Å². The average Bonchev–Trinajstić information content (AvgIpc) is 2.59. The lowest BCUT2D eigenvalue weighted by atomic mass is 10.1. The Balaban J connectivity index is 6.50. The van der Waals surface area contributed by atoms with Crippen LogP contribution in [0, 0.1) is 0 Å². The molecule has 0 aliphatic carbocycles. The minimum absolute atomic E-state index is 0.0671. The van der Waals surface area contributed by atoms with Crippen LogP contribution in [0.3, 0.4) is 0 Å². The first-order valence-electron chi connectivity index (χ1n) is 34.3. The Morgan fingerprint density at radius 1 is 0.326 bits per heavy atom. The number of rotatable bonds is 60. The smallest absolute Gasteiger partial charge is 0.447 e. The van der Waals surface area contributed by atoms with Crippen LogP contribution in [0.4, 0.5) is 14.4 Å². The first kappa shape index (κ1) is 83.7. The third kappa shape index (κ3) is 53.5. The van der Waals surface area contributed by atoms with Crippen molar-refractivity contribution in [3.63, 3.8) is 0 Å². The number of quaternary nitrogens is 3. The van der Waals surface area contributed by atoms with Gasteiger partial charge >= 0.3 is 26.1 Å². The van der Waals surface area contributed by atoms with Crippen molar-refractivity contribution >= 4 is 26.1 Å². The van der Waals surface area contributed by atoms with Gasteiger partial charge in [0.1, 0.15) is 57.8 Å². The van der Waals surface area contributed by atoms with E-state index in [1.54, 1.807) is 21.3 Å². The van der Waals surface area contributed by atoms with E-state index in [2.05, 4.69) is 36.7 Å². The summed E-state index contributed by atoms with van der Waals surface area (Å²) in [7, 11) is 18.1. The fourth-order valence-electron chi connectivity index (χ4n) is 10.6. The largest absolute Gasteiger partial charge is 0.476 e. The lowest BCUT2D eigenvalue weighted by Crippen LogP contribution is -2.46. The first-order valence-corrected chi connectivity index (χ1v) is 35.7. The molecule has 86 heavy (non-hydrogen) atoms. The van der Waals surface area contributed by atoms with Crippen LogP contribution in [0.2, 0.25) is 0 Å². The van der Waals surface area contributed by atoms with Crippen LogP contribution in [0.5, 0.6) is 0 Å². The number of amides is 3. The highest BCUT2D eigenvalue weighted by Crippen LogP contribution is 2.54. The van der Waals surface area contributed by atoms with Crippen molar-refractivity contribution in [1.82, 2.24) is 16.0 Å². The normalized spacial score (nSPS) is 15.1. The molecule has 6 unspecified atom stereocenters. The summed E-state index contributed by atoms with van der Waals surface area (Å²) in [4.78, 5) is 39.0. The van der Waals surface area contributed by atoms with Gasteiger partial charge in [0, 0.05) is 60.2 Å². The van der Waals surface area contributed by atoms with Gasteiger partial charge in [-0.15, -0.1) is 0 Å². The summed E-state index contributed by atoms with van der Waals surface area (Å²) < 4.78 is 72.6. The van der Waals surface area contributed by atoms with Gasteiger partial charge in [0.05, 0.1) is 81.7 Å². The SMILES string of the molecule is CCCCCCCCCCCCNC(=O)OCC(CC(C[N+](C)(C)C)OP(=O)(OC(CC(COC(=O)NCCCCCCCCCCCC)OC)C[N+](C)(C)C)OC(CC(COC(=O)NCCCCCCCCCCCC)OC)C[N+](C)(C)C)OC. The highest BCUT2D eigenvalue weighted by Gasteiger charge is 2.43. The zero-order chi connectivity index (χ0) is 64.4. The van der Waals surface area contributed by atoms with Crippen molar-refractivity contribution in [2.75, 3.05) is 144 Å². The summed E-state index contributed by atoms with van der Waals surface area (Å²) in [6.45, 7) is 9.14. The number of ether oxygens (including phenoxy) is 6. The van der Waals surface area contributed by atoms with E-state index in [9.17, 15) is 14.4 Å². The van der Waals surface area contributed by atoms with Crippen LogP contribution in [0.1, 0.15) is 233 Å². The molecule has 0 saturated heterocycles. The number of likely N-dealkylation sites (N-methyl/N-ethyl adjacent to an activating group) is 3. The number of carbonyl (C=O) groups excluding carboxylic acids is 3. The lowest BCUT2D eigenvalue weighted by molar-refractivity contribution is -0.874. The van der Waals surface area contributed by atoms with Gasteiger partial charge in [-0.1, -0.05) is 194 Å². The van der Waals surface area contributed by atoms with E-state index >= 15 is 4.57 Å². The maximum Gasteiger partial charge on any atom is 0.476 e. The second kappa shape index (κ2) is 52.3. The number of carbonyl (C=O) groups is 3. The van der Waals surface area contributed by atoms with Gasteiger partial charge in [-0.05, 0) is 19.3 Å². The highest BCUT2D eigenvalue weighted by atomic mass is 31.2. The molecule has 3 N–H and O–H groups in total. The molecule has 0 saturated carbocycles. The number of alkyl carbamates (subject to hydrolysis) is 3. The molecule has 6 atom stereocenters. The molecule has 20 heteroatoms. The number of nitrogens with one attached hydrogen (secondary N) is 3. The Morgan fingerprint density at radius 3 is 0.709 bits per heavy atom. The zero-order valence-corrected chi connectivity index (χ0v) is 59.2. The van der Waals surface area contributed by atoms with Gasteiger partial charge < -0.3 is 57.8 Å². The molecule has 0 fully saturated rings. The summed E-state index contributed by atoms with van der Waals surface area (Å²) >= 11 is 0. The number of unbranched alkanes of at least 4 members (excludes halogenated alkanes) is 27. The van der Waals surface area contributed by atoms with E-state index < -0.39 is 62.7 Å². The summed E-state index contributed by atoms with van der Waals surface area (Å²) in [5.41, 5.74) is 0. The second-order valence-electron chi connectivity index (χ2n) is 27.5. The highest BCUT2D eigenvalue weighted by molar-refractivity contribution is 7.48. The monoisotopic (exact) mass is 1250 g/mol. The van der Waals surface area contributed by atoms with E-state index in [-0.39, 0.29) is 39.1 Å². The molecule has 19 nitrogen and oxygen atoms in total. The summed E-state index contributed by atoms with van der Waals surface area (Å²) in [5, 5.41) is 8.69. The number of phosphoric ester groups is 1. The summed E-state index contributed by atoms with van der Waals surface area (Å²) in [5.74, 6) is 0. The molecule has 0 bridgehead atoms. The van der Waals surface area contributed by atoms with Crippen molar-refractivity contribution < 1.29 is 74.4 Å². The van der Waals surface area contributed by atoms with Crippen LogP contribution < -0.4 is 16.0 Å². The molecule has 0 aliphatic heterocycles. The van der Waals surface area contributed by atoms with Crippen LogP contribution >= 0.6 is 7.82 Å². The van der Waals surface area contributed by atoms with Crippen molar-refractivity contribution in [3.05, 3.63) is 0 Å². The Bertz CT molecular complexity index is 1480. The predicted octanol–water partition coefficient (Wildman–Crippen LogP) is 14.5. The number of nitrogens with zero attached hydrogens (tertiary/aromatic N) is 3. The van der Waals surface area contributed by atoms with Crippen LogP contribution in [-0.2, 0) is 46.6 Å². The molecular weight excluding hydrogens is 1120 g/mol. The summed E-state index contributed by atoms with van der Waals surface area (Å²) in [6.07, 6.45) is 30.7. The number of hydrogen-bond donors (Lipinski definition) is 3. The number of phosphoric acid groups is 1. The zero-order valence-electron chi connectivity index (χ0n) is 58.3. The fraction of sp³-hybridized carbons (Fsp3) is 0.955. The first-order chi connectivity index (χ1) is 40.9. The van der Waals surface area contributed by atoms with E-state index in [1.165, 1.54) is 135 Å². The van der Waals surface area contributed by atoms with Gasteiger partial charge in [0.2, 0.25) is 0 Å². The molecule has 0 aromatic carbocycles. The minimum Gasteiger partial charge on any atom is -0.447 e. The number of methoxy groups -OCH3 is 3. The van der Waals surface area contributed by atoms with E-state index in [0.717, 1.165) is 57.8 Å². The number of hydrogen-bond acceptors (Lipinski definition) is 13.